The van der Waals surface area contributed by atoms with Gasteiger partial charge in [-0.1, -0.05) is 19.9 Å². The molecule has 3 nitrogen and oxygen atoms in total. The minimum absolute atomic E-state index is 0.0805. The Morgan fingerprint density at radius 3 is 2.19 bits per heavy atom. The summed E-state index contributed by atoms with van der Waals surface area (Å²) < 4.78 is 25.0. The summed E-state index contributed by atoms with van der Waals surface area (Å²) in [5.41, 5.74) is -0.304. The van der Waals surface area contributed by atoms with Crippen LogP contribution in [0.1, 0.15) is 53.0 Å². The van der Waals surface area contributed by atoms with E-state index in [-0.39, 0.29) is 19.2 Å². The molecule has 0 heterocycles. The molecule has 0 unspecified atom stereocenters. The Kier molecular flexibility index (Phi) is 5.45. The smallest absolute Gasteiger partial charge is 0.313 e. The van der Waals surface area contributed by atoms with Crippen LogP contribution in [0.3, 0.4) is 0 Å². The predicted octanol–water partition coefficient (Wildman–Crippen LogP) is 2.50. The molecular formula is C16H26BFO3. The lowest BCUT2D eigenvalue weighted by Gasteiger charge is -2.37. The Bertz CT molecular complexity index is 493. The van der Waals surface area contributed by atoms with Gasteiger partial charge in [-0.2, -0.15) is 0 Å². The standard InChI is InChI=1S/C16H26BFO3/c1-10(2)11-8-12(14(20-7)9-13(11)18)17-21-16(5,6)15(3,4)19/h8-10,17,19H,1-7H3. The number of aliphatic hydroxyl groups is 1. The fourth-order valence-electron chi connectivity index (χ4n) is 1.80. The van der Waals surface area contributed by atoms with Crippen molar-refractivity contribution in [3.8, 4) is 5.75 Å². The SMILES string of the molecule is COc1cc(F)c(C(C)C)cc1BOC(C)(C)C(C)(C)O. The highest BCUT2D eigenvalue weighted by Crippen LogP contribution is 2.25. The third kappa shape index (κ3) is 4.21. The molecule has 0 spiro atoms. The third-order valence-corrected chi connectivity index (χ3v) is 4.08. The van der Waals surface area contributed by atoms with E-state index >= 15 is 0 Å². The molecule has 0 fully saturated rings. The van der Waals surface area contributed by atoms with Crippen LogP contribution < -0.4 is 10.2 Å². The summed E-state index contributed by atoms with van der Waals surface area (Å²) in [7, 11) is 1.76. The van der Waals surface area contributed by atoms with Crippen molar-refractivity contribution in [1.29, 1.82) is 0 Å². The van der Waals surface area contributed by atoms with Crippen LogP contribution in [0.5, 0.6) is 5.75 Å². The van der Waals surface area contributed by atoms with Crippen molar-refractivity contribution in [2.75, 3.05) is 7.11 Å². The largest absolute Gasteiger partial charge is 0.497 e. The Hall–Kier alpha value is -1.07. The molecule has 0 bridgehead atoms. The van der Waals surface area contributed by atoms with Gasteiger partial charge in [0.05, 0.1) is 18.3 Å². The van der Waals surface area contributed by atoms with E-state index in [1.807, 2.05) is 27.7 Å². The minimum Gasteiger partial charge on any atom is -0.497 e. The molecule has 21 heavy (non-hydrogen) atoms. The van der Waals surface area contributed by atoms with Crippen LogP contribution in [0.2, 0.25) is 0 Å². The second kappa shape index (κ2) is 6.36. The average molecular weight is 296 g/mol. The Morgan fingerprint density at radius 2 is 1.76 bits per heavy atom. The number of hydrogen-bond donors (Lipinski definition) is 1. The number of ether oxygens (including phenoxy) is 1. The zero-order chi connectivity index (χ0) is 16.4. The molecule has 0 radical (unpaired) electrons. The lowest BCUT2D eigenvalue weighted by molar-refractivity contribution is -0.0893. The summed E-state index contributed by atoms with van der Waals surface area (Å²) >= 11 is 0. The molecule has 1 aromatic carbocycles. The molecule has 0 aromatic heterocycles. The van der Waals surface area contributed by atoms with E-state index in [9.17, 15) is 9.50 Å². The summed E-state index contributed by atoms with van der Waals surface area (Å²) in [6.45, 7) is 10.9. The van der Waals surface area contributed by atoms with Crippen LogP contribution in [-0.2, 0) is 4.65 Å². The highest BCUT2D eigenvalue weighted by atomic mass is 19.1. The van der Waals surface area contributed by atoms with Crippen molar-refractivity contribution in [3.63, 3.8) is 0 Å². The normalized spacial score (nSPS) is 12.7. The Labute approximate surface area is 127 Å². The molecule has 0 atom stereocenters. The van der Waals surface area contributed by atoms with Gasteiger partial charge >= 0.3 is 7.48 Å². The van der Waals surface area contributed by atoms with Gasteiger partial charge in [0.2, 0.25) is 0 Å². The molecular weight excluding hydrogens is 270 g/mol. The van der Waals surface area contributed by atoms with Gasteiger partial charge in [-0.3, -0.25) is 0 Å². The van der Waals surface area contributed by atoms with Crippen molar-refractivity contribution in [3.05, 3.63) is 23.5 Å². The van der Waals surface area contributed by atoms with Crippen LogP contribution in [0.25, 0.3) is 0 Å². The van der Waals surface area contributed by atoms with Gasteiger partial charge in [0.1, 0.15) is 11.6 Å². The van der Waals surface area contributed by atoms with E-state index in [1.54, 1.807) is 19.9 Å². The van der Waals surface area contributed by atoms with Crippen molar-refractivity contribution in [2.24, 2.45) is 0 Å². The second-order valence-electron chi connectivity index (χ2n) is 6.70. The van der Waals surface area contributed by atoms with Crippen LogP contribution in [0.15, 0.2) is 12.1 Å². The molecule has 0 aliphatic heterocycles. The van der Waals surface area contributed by atoms with Gasteiger partial charge in [0.25, 0.3) is 0 Å². The predicted molar refractivity (Wildman–Crippen MR) is 85.3 cm³/mol. The first-order valence-corrected chi connectivity index (χ1v) is 7.22. The Balaban J connectivity index is 3.05. The summed E-state index contributed by atoms with van der Waals surface area (Å²) in [4.78, 5) is 0. The van der Waals surface area contributed by atoms with Crippen LogP contribution in [0, 0.1) is 5.82 Å². The molecule has 1 rings (SSSR count). The fourth-order valence-corrected chi connectivity index (χ4v) is 1.80. The molecule has 5 heteroatoms. The van der Waals surface area contributed by atoms with Crippen molar-refractivity contribution >= 4 is 12.9 Å². The molecule has 0 amide bonds. The van der Waals surface area contributed by atoms with Gasteiger partial charge in [-0.25, -0.2) is 4.39 Å². The zero-order valence-electron chi connectivity index (χ0n) is 14.1. The maximum Gasteiger partial charge on any atom is 0.313 e. The van der Waals surface area contributed by atoms with Gasteiger partial charge < -0.3 is 14.5 Å². The van der Waals surface area contributed by atoms with Crippen LogP contribution in [-0.4, -0.2) is 30.9 Å². The molecule has 118 valence electrons. The van der Waals surface area contributed by atoms with Crippen molar-refractivity contribution in [2.45, 2.75) is 58.7 Å². The summed E-state index contributed by atoms with van der Waals surface area (Å²) in [6, 6.07) is 3.17. The monoisotopic (exact) mass is 296 g/mol. The first-order chi connectivity index (χ1) is 9.49. The van der Waals surface area contributed by atoms with Gasteiger partial charge in [0.15, 0.2) is 0 Å². The number of benzene rings is 1. The quantitative estimate of drug-likeness (QED) is 0.820. The fraction of sp³-hybridized carbons (Fsp3) is 0.625. The van der Waals surface area contributed by atoms with Crippen molar-refractivity contribution < 1.29 is 18.9 Å². The number of halogens is 1. The lowest BCUT2D eigenvalue weighted by Crippen LogP contribution is -2.49. The van der Waals surface area contributed by atoms with Gasteiger partial charge in [0, 0.05) is 6.07 Å². The maximum atomic E-state index is 14.0. The second-order valence-corrected chi connectivity index (χ2v) is 6.70. The van der Waals surface area contributed by atoms with Gasteiger partial charge in [-0.05, 0) is 44.6 Å². The summed E-state index contributed by atoms with van der Waals surface area (Å²) in [6.07, 6.45) is 0. The molecule has 1 aromatic rings. The first kappa shape index (κ1) is 18.0. The van der Waals surface area contributed by atoms with Crippen molar-refractivity contribution in [1.82, 2.24) is 0 Å². The van der Waals surface area contributed by atoms with Crippen LogP contribution in [0.4, 0.5) is 4.39 Å². The van der Waals surface area contributed by atoms with E-state index in [4.69, 9.17) is 9.39 Å². The zero-order valence-corrected chi connectivity index (χ0v) is 14.1. The number of hydrogen-bond acceptors (Lipinski definition) is 3. The third-order valence-electron chi connectivity index (χ3n) is 4.08. The molecule has 0 aliphatic carbocycles. The van der Waals surface area contributed by atoms with Gasteiger partial charge in [-0.15, -0.1) is 0 Å². The van der Waals surface area contributed by atoms with E-state index in [2.05, 4.69) is 0 Å². The van der Waals surface area contributed by atoms with E-state index in [0.717, 1.165) is 5.46 Å². The molecule has 0 saturated carbocycles. The molecule has 0 saturated heterocycles. The number of rotatable bonds is 6. The highest BCUT2D eigenvalue weighted by Gasteiger charge is 2.36. The minimum atomic E-state index is -0.985. The first-order valence-electron chi connectivity index (χ1n) is 7.22. The molecule has 0 aliphatic rings. The number of methoxy groups -OCH3 is 1. The average Bonchev–Trinajstić information content (AvgIpc) is 2.35. The van der Waals surface area contributed by atoms with E-state index in [1.165, 1.54) is 13.2 Å². The summed E-state index contributed by atoms with van der Waals surface area (Å²) in [5.74, 6) is 0.271. The van der Waals surface area contributed by atoms with Crippen LogP contribution >= 0.6 is 0 Å². The molecule has 1 N–H and O–H groups in total. The lowest BCUT2D eigenvalue weighted by atomic mass is 9.80. The topological polar surface area (TPSA) is 38.7 Å². The highest BCUT2D eigenvalue weighted by molar-refractivity contribution is 6.48. The Morgan fingerprint density at radius 1 is 1.19 bits per heavy atom. The summed E-state index contributed by atoms with van der Waals surface area (Å²) in [5, 5.41) is 10.1. The van der Waals surface area contributed by atoms with E-state index < -0.39 is 11.2 Å². The maximum absolute atomic E-state index is 14.0. The van der Waals surface area contributed by atoms with E-state index in [0.29, 0.717) is 11.3 Å².